The highest BCUT2D eigenvalue weighted by Crippen LogP contribution is 2.40. The van der Waals surface area contributed by atoms with Gasteiger partial charge in [0.1, 0.15) is 11.2 Å². The fourth-order valence-electron chi connectivity index (χ4n) is 7.99. The van der Waals surface area contributed by atoms with E-state index in [2.05, 4.69) is 158 Å². The van der Waals surface area contributed by atoms with Crippen molar-refractivity contribution in [2.24, 2.45) is 0 Å². The van der Waals surface area contributed by atoms with Crippen molar-refractivity contribution in [3.63, 3.8) is 0 Å². The van der Waals surface area contributed by atoms with Gasteiger partial charge in [-0.05, 0) is 78.8 Å². The molecular formula is C51H31N3O. The first-order valence-corrected chi connectivity index (χ1v) is 18.5. The van der Waals surface area contributed by atoms with Crippen LogP contribution in [0.1, 0.15) is 0 Å². The summed E-state index contributed by atoms with van der Waals surface area (Å²) in [6.45, 7) is 0. The SMILES string of the molecule is c1ccc(-c2ccc(-c3nc(-c4ccc(-c5c6ccccc6cc6c5ccc5ccccc56)cc4)nc(-c4ccc5c(c4)oc4ccccc45)n3)cc2)cc1. The van der Waals surface area contributed by atoms with E-state index >= 15 is 0 Å². The van der Waals surface area contributed by atoms with Gasteiger partial charge in [-0.25, -0.2) is 15.0 Å². The van der Waals surface area contributed by atoms with Crippen LogP contribution < -0.4 is 0 Å². The summed E-state index contributed by atoms with van der Waals surface area (Å²) in [5.41, 5.74) is 9.02. The number of benzene rings is 9. The van der Waals surface area contributed by atoms with Crippen molar-refractivity contribution in [2.75, 3.05) is 0 Å². The van der Waals surface area contributed by atoms with Crippen molar-refractivity contribution in [2.45, 2.75) is 0 Å². The Morgan fingerprint density at radius 1 is 0.273 bits per heavy atom. The molecule has 256 valence electrons. The fraction of sp³-hybridized carbons (Fsp3) is 0. The Kier molecular flexibility index (Phi) is 7.14. The molecule has 9 aromatic carbocycles. The molecule has 55 heavy (non-hydrogen) atoms. The van der Waals surface area contributed by atoms with Crippen LogP contribution in [0.25, 0.3) is 111 Å². The molecule has 4 heteroatoms. The second-order valence-corrected chi connectivity index (χ2v) is 14.0. The molecule has 0 atom stereocenters. The zero-order valence-electron chi connectivity index (χ0n) is 29.6. The summed E-state index contributed by atoms with van der Waals surface area (Å²) in [5, 5.41) is 9.58. The molecule has 0 spiro atoms. The maximum Gasteiger partial charge on any atom is 0.164 e. The van der Waals surface area contributed by atoms with Gasteiger partial charge in [0.2, 0.25) is 0 Å². The molecule has 0 bridgehead atoms. The van der Waals surface area contributed by atoms with Gasteiger partial charge in [-0.3, -0.25) is 0 Å². The minimum Gasteiger partial charge on any atom is -0.456 e. The molecule has 0 saturated carbocycles. The minimum absolute atomic E-state index is 0.588. The molecule has 0 N–H and O–H groups in total. The van der Waals surface area contributed by atoms with Crippen LogP contribution in [-0.2, 0) is 0 Å². The average Bonchev–Trinajstić information content (AvgIpc) is 3.64. The minimum atomic E-state index is 0.588. The van der Waals surface area contributed by atoms with Gasteiger partial charge < -0.3 is 4.42 Å². The Labute approximate surface area is 317 Å². The lowest BCUT2D eigenvalue weighted by molar-refractivity contribution is 0.669. The van der Waals surface area contributed by atoms with Crippen LogP contribution in [0.15, 0.2) is 192 Å². The van der Waals surface area contributed by atoms with E-state index in [1.54, 1.807) is 0 Å². The number of para-hydroxylation sites is 1. The molecule has 11 rings (SSSR count). The molecule has 0 radical (unpaired) electrons. The molecular weight excluding hydrogens is 671 g/mol. The predicted octanol–water partition coefficient (Wildman–Crippen LogP) is 13.6. The van der Waals surface area contributed by atoms with Gasteiger partial charge in [-0.1, -0.05) is 164 Å². The summed E-state index contributed by atoms with van der Waals surface area (Å²) >= 11 is 0. The molecule has 4 nitrogen and oxygen atoms in total. The summed E-state index contributed by atoms with van der Waals surface area (Å²) in [4.78, 5) is 15.2. The van der Waals surface area contributed by atoms with Crippen molar-refractivity contribution >= 4 is 54.3 Å². The maximum atomic E-state index is 6.27. The zero-order chi connectivity index (χ0) is 36.3. The first-order valence-electron chi connectivity index (χ1n) is 18.5. The van der Waals surface area contributed by atoms with E-state index < -0.39 is 0 Å². The topological polar surface area (TPSA) is 51.8 Å². The molecule has 2 heterocycles. The lowest BCUT2D eigenvalue weighted by Crippen LogP contribution is -2.00. The number of furan rings is 1. The third kappa shape index (κ3) is 5.34. The highest BCUT2D eigenvalue weighted by Gasteiger charge is 2.17. The first-order chi connectivity index (χ1) is 27.2. The van der Waals surface area contributed by atoms with Gasteiger partial charge in [0, 0.05) is 27.5 Å². The lowest BCUT2D eigenvalue weighted by Gasteiger charge is -2.14. The van der Waals surface area contributed by atoms with Gasteiger partial charge in [0.05, 0.1) is 0 Å². The molecule has 0 fully saturated rings. The fourth-order valence-corrected chi connectivity index (χ4v) is 7.99. The van der Waals surface area contributed by atoms with E-state index in [0.717, 1.165) is 55.3 Å². The summed E-state index contributed by atoms with van der Waals surface area (Å²) in [5.74, 6) is 1.81. The van der Waals surface area contributed by atoms with Crippen molar-refractivity contribution < 1.29 is 4.42 Å². The number of rotatable bonds is 5. The summed E-state index contributed by atoms with van der Waals surface area (Å²) in [6.07, 6.45) is 0. The monoisotopic (exact) mass is 701 g/mol. The smallest absolute Gasteiger partial charge is 0.164 e. The standard InChI is InChI=1S/C51H31N3O/c1-2-10-32(11-3-1)33-18-22-36(23-19-33)49-52-50(54-51(53-49)39-27-28-43-42-16-8-9-17-46(42)55-47(43)31-39)37-24-20-35(21-25-37)48-41-15-7-5-13-38(41)30-45-40-14-6-4-12-34(40)26-29-44(45)48/h1-31H. The molecule has 0 aliphatic carbocycles. The summed E-state index contributed by atoms with van der Waals surface area (Å²) < 4.78 is 6.27. The second kappa shape index (κ2) is 12.6. The Bertz CT molecular complexity index is 3240. The average molecular weight is 702 g/mol. The molecule has 0 amide bonds. The van der Waals surface area contributed by atoms with Crippen LogP contribution in [0.2, 0.25) is 0 Å². The zero-order valence-corrected chi connectivity index (χ0v) is 29.6. The molecule has 0 aliphatic heterocycles. The van der Waals surface area contributed by atoms with Crippen molar-refractivity contribution in [1.29, 1.82) is 0 Å². The number of fused-ring (bicyclic) bond motifs is 7. The van der Waals surface area contributed by atoms with Crippen LogP contribution >= 0.6 is 0 Å². The van der Waals surface area contributed by atoms with Gasteiger partial charge in [0.15, 0.2) is 17.5 Å². The van der Waals surface area contributed by atoms with Crippen molar-refractivity contribution in [3.8, 4) is 56.4 Å². The molecule has 0 unspecified atom stereocenters. The van der Waals surface area contributed by atoms with Gasteiger partial charge in [-0.15, -0.1) is 0 Å². The van der Waals surface area contributed by atoms with Gasteiger partial charge >= 0.3 is 0 Å². The summed E-state index contributed by atoms with van der Waals surface area (Å²) in [7, 11) is 0. The van der Waals surface area contributed by atoms with Crippen LogP contribution in [0.3, 0.4) is 0 Å². The normalized spacial score (nSPS) is 11.6. The Morgan fingerprint density at radius 3 is 1.53 bits per heavy atom. The number of hydrogen-bond acceptors (Lipinski definition) is 4. The predicted molar refractivity (Wildman–Crippen MR) is 227 cm³/mol. The summed E-state index contributed by atoms with van der Waals surface area (Å²) in [6, 6.07) is 65.9. The van der Waals surface area contributed by atoms with E-state index in [1.165, 1.54) is 37.9 Å². The third-order valence-electron chi connectivity index (χ3n) is 10.7. The van der Waals surface area contributed by atoms with E-state index in [0.29, 0.717) is 17.5 Å². The first kappa shape index (κ1) is 31.1. The van der Waals surface area contributed by atoms with E-state index in [9.17, 15) is 0 Å². The van der Waals surface area contributed by atoms with Crippen LogP contribution in [-0.4, -0.2) is 15.0 Å². The molecule has 2 aromatic heterocycles. The van der Waals surface area contributed by atoms with Gasteiger partial charge in [0.25, 0.3) is 0 Å². The molecule has 11 aromatic rings. The molecule has 0 saturated heterocycles. The number of hydrogen-bond donors (Lipinski definition) is 0. The Morgan fingerprint density at radius 2 is 0.782 bits per heavy atom. The lowest BCUT2D eigenvalue weighted by atomic mass is 9.89. The van der Waals surface area contributed by atoms with E-state index in [4.69, 9.17) is 19.4 Å². The van der Waals surface area contributed by atoms with Crippen molar-refractivity contribution in [3.05, 3.63) is 188 Å². The van der Waals surface area contributed by atoms with Crippen LogP contribution in [0.5, 0.6) is 0 Å². The molecule has 0 aliphatic rings. The Balaban J connectivity index is 1.05. The highest BCUT2D eigenvalue weighted by molar-refractivity contribution is 6.20. The van der Waals surface area contributed by atoms with Crippen LogP contribution in [0.4, 0.5) is 0 Å². The second-order valence-electron chi connectivity index (χ2n) is 14.0. The van der Waals surface area contributed by atoms with Gasteiger partial charge in [-0.2, -0.15) is 0 Å². The number of aromatic nitrogens is 3. The van der Waals surface area contributed by atoms with E-state index in [1.807, 2.05) is 30.3 Å². The quantitative estimate of drug-likeness (QED) is 0.132. The third-order valence-corrected chi connectivity index (χ3v) is 10.7. The van der Waals surface area contributed by atoms with Crippen molar-refractivity contribution in [1.82, 2.24) is 15.0 Å². The Hall–Kier alpha value is -7.43. The maximum absolute atomic E-state index is 6.27. The number of nitrogens with zero attached hydrogens (tertiary/aromatic N) is 3. The largest absolute Gasteiger partial charge is 0.456 e. The van der Waals surface area contributed by atoms with Crippen LogP contribution in [0, 0.1) is 0 Å². The highest BCUT2D eigenvalue weighted by atomic mass is 16.3. The van der Waals surface area contributed by atoms with E-state index in [-0.39, 0.29) is 0 Å².